The minimum absolute atomic E-state index is 0.0887. The Kier molecular flexibility index (Phi) is 3.23. The van der Waals surface area contributed by atoms with Gasteiger partial charge in [0.25, 0.3) is 0 Å². The van der Waals surface area contributed by atoms with Gasteiger partial charge in [0.15, 0.2) is 0 Å². The maximum atomic E-state index is 13.3. The predicted molar refractivity (Wildman–Crippen MR) is 64.3 cm³/mol. The van der Waals surface area contributed by atoms with Crippen molar-refractivity contribution in [3.05, 3.63) is 64.0 Å². The van der Waals surface area contributed by atoms with Gasteiger partial charge in [0.1, 0.15) is 11.6 Å². The van der Waals surface area contributed by atoms with Gasteiger partial charge in [-0.2, -0.15) is 0 Å². The standard InChI is InChI=1S/C13H10FNO3/c1-9-6-7-10(8-11(9)14)18-13-5-3-2-4-12(13)15(16)17/h2-8H,1H3. The van der Waals surface area contributed by atoms with Gasteiger partial charge in [-0.3, -0.25) is 10.1 Å². The SMILES string of the molecule is Cc1ccc(Oc2ccccc2[N+](=O)[O-])cc1F. The van der Waals surface area contributed by atoms with E-state index in [1.54, 1.807) is 31.2 Å². The Labute approximate surface area is 103 Å². The number of nitrogens with zero attached hydrogens (tertiary/aromatic N) is 1. The normalized spacial score (nSPS) is 10.1. The molecule has 0 aliphatic carbocycles. The molecule has 2 aromatic rings. The molecule has 0 bridgehead atoms. The van der Waals surface area contributed by atoms with E-state index in [9.17, 15) is 14.5 Å². The maximum absolute atomic E-state index is 13.3. The molecule has 0 N–H and O–H groups in total. The number of ether oxygens (including phenoxy) is 1. The number of halogens is 1. The van der Waals surface area contributed by atoms with Gasteiger partial charge in [0.2, 0.25) is 5.75 Å². The molecule has 0 radical (unpaired) electrons. The average molecular weight is 247 g/mol. The molecule has 18 heavy (non-hydrogen) atoms. The summed E-state index contributed by atoms with van der Waals surface area (Å²) in [7, 11) is 0. The van der Waals surface area contributed by atoms with E-state index >= 15 is 0 Å². The number of para-hydroxylation sites is 2. The molecule has 0 saturated heterocycles. The first-order valence-electron chi connectivity index (χ1n) is 5.25. The molecule has 0 aliphatic heterocycles. The Hall–Kier alpha value is -2.43. The molecule has 0 amide bonds. The van der Waals surface area contributed by atoms with Gasteiger partial charge in [-0.05, 0) is 24.6 Å². The van der Waals surface area contributed by atoms with Crippen molar-refractivity contribution in [3.8, 4) is 11.5 Å². The van der Waals surface area contributed by atoms with E-state index in [1.807, 2.05) is 0 Å². The molecule has 0 fully saturated rings. The Morgan fingerprint density at radius 1 is 1.22 bits per heavy atom. The first-order chi connectivity index (χ1) is 8.58. The number of nitro groups is 1. The molecular weight excluding hydrogens is 237 g/mol. The molecule has 5 heteroatoms. The van der Waals surface area contributed by atoms with Crippen LogP contribution in [0.3, 0.4) is 0 Å². The average Bonchev–Trinajstić information content (AvgIpc) is 2.34. The van der Waals surface area contributed by atoms with E-state index in [4.69, 9.17) is 4.74 Å². The zero-order valence-electron chi connectivity index (χ0n) is 9.59. The number of nitro benzene ring substituents is 1. The van der Waals surface area contributed by atoms with Gasteiger partial charge in [0.05, 0.1) is 4.92 Å². The van der Waals surface area contributed by atoms with Gasteiger partial charge in [-0.1, -0.05) is 18.2 Å². The van der Waals surface area contributed by atoms with E-state index in [1.165, 1.54) is 18.2 Å². The van der Waals surface area contributed by atoms with Crippen molar-refractivity contribution < 1.29 is 14.1 Å². The summed E-state index contributed by atoms with van der Waals surface area (Å²) in [5, 5.41) is 10.8. The fourth-order valence-electron chi connectivity index (χ4n) is 1.46. The van der Waals surface area contributed by atoms with E-state index in [-0.39, 0.29) is 17.2 Å². The van der Waals surface area contributed by atoms with Crippen molar-refractivity contribution in [2.24, 2.45) is 0 Å². The molecule has 4 nitrogen and oxygen atoms in total. The Balaban J connectivity index is 2.34. The third-order valence-corrected chi connectivity index (χ3v) is 2.43. The third-order valence-electron chi connectivity index (χ3n) is 2.43. The second-order valence-electron chi connectivity index (χ2n) is 3.74. The lowest BCUT2D eigenvalue weighted by atomic mass is 10.2. The lowest BCUT2D eigenvalue weighted by Gasteiger charge is -2.06. The van der Waals surface area contributed by atoms with Crippen LogP contribution in [0, 0.1) is 22.9 Å². The first kappa shape index (κ1) is 12.0. The topological polar surface area (TPSA) is 52.4 Å². The minimum Gasteiger partial charge on any atom is -0.450 e. The monoisotopic (exact) mass is 247 g/mol. The third kappa shape index (κ3) is 2.45. The number of hydrogen-bond donors (Lipinski definition) is 0. The fourth-order valence-corrected chi connectivity index (χ4v) is 1.46. The fraction of sp³-hybridized carbons (Fsp3) is 0.0769. The van der Waals surface area contributed by atoms with Crippen molar-refractivity contribution in [3.63, 3.8) is 0 Å². The highest BCUT2D eigenvalue weighted by Crippen LogP contribution is 2.31. The summed E-state index contributed by atoms with van der Waals surface area (Å²) < 4.78 is 18.7. The van der Waals surface area contributed by atoms with Crippen LogP contribution >= 0.6 is 0 Å². The van der Waals surface area contributed by atoms with Crippen molar-refractivity contribution in [1.29, 1.82) is 0 Å². The smallest absolute Gasteiger partial charge is 0.311 e. The molecular formula is C13H10FNO3. The summed E-state index contributed by atoms with van der Waals surface area (Å²) >= 11 is 0. The minimum atomic E-state index is -0.542. The lowest BCUT2D eigenvalue weighted by Crippen LogP contribution is -1.93. The number of hydrogen-bond acceptors (Lipinski definition) is 3. The maximum Gasteiger partial charge on any atom is 0.311 e. The quantitative estimate of drug-likeness (QED) is 0.611. The van der Waals surface area contributed by atoms with E-state index < -0.39 is 10.7 Å². The molecule has 2 rings (SSSR count). The molecule has 2 aromatic carbocycles. The summed E-state index contributed by atoms with van der Waals surface area (Å²) in [5.74, 6) is -0.0933. The van der Waals surface area contributed by atoms with Gasteiger partial charge >= 0.3 is 5.69 Å². The van der Waals surface area contributed by atoms with Crippen molar-refractivity contribution in [2.75, 3.05) is 0 Å². The molecule has 0 saturated carbocycles. The van der Waals surface area contributed by atoms with Crippen LogP contribution in [-0.4, -0.2) is 4.92 Å². The van der Waals surface area contributed by atoms with E-state index in [0.29, 0.717) is 5.56 Å². The highest BCUT2D eigenvalue weighted by molar-refractivity contribution is 5.48. The van der Waals surface area contributed by atoms with Gasteiger partial charge in [-0.15, -0.1) is 0 Å². The zero-order valence-corrected chi connectivity index (χ0v) is 9.59. The van der Waals surface area contributed by atoms with Crippen LogP contribution in [-0.2, 0) is 0 Å². The van der Waals surface area contributed by atoms with Crippen LogP contribution in [0.2, 0.25) is 0 Å². The molecule has 0 heterocycles. The van der Waals surface area contributed by atoms with Crippen LogP contribution < -0.4 is 4.74 Å². The number of rotatable bonds is 3. The van der Waals surface area contributed by atoms with E-state index in [2.05, 4.69) is 0 Å². The van der Waals surface area contributed by atoms with Crippen LogP contribution in [0.5, 0.6) is 11.5 Å². The summed E-state index contributed by atoms with van der Waals surface area (Å²) in [5.41, 5.74) is 0.336. The molecule has 92 valence electrons. The molecule has 0 spiro atoms. The summed E-state index contributed by atoms with van der Waals surface area (Å²) in [6.45, 7) is 1.63. The molecule has 0 aromatic heterocycles. The van der Waals surface area contributed by atoms with Gasteiger partial charge in [-0.25, -0.2) is 4.39 Å². The van der Waals surface area contributed by atoms with E-state index in [0.717, 1.165) is 0 Å². The lowest BCUT2D eigenvalue weighted by molar-refractivity contribution is -0.385. The highest BCUT2D eigenvalue weighted by Gasteiger charge is 2.14. The molecule has 0 atom stereocenters. The Morgan fingerprint density at radius 3 is 2.61 bits per heavy atom. The largest absolute Gasteiger partial charge is 0.450 e. The van der Waals surface area contributed by atoms with Crippen LogP contribution in [0.15, 0.2) is 42.5 Å². The zero-order chi connectivity index (χ0) is 13.1. The van der Waals surface area contributed by atoms with Crippen LogP contribution in [0.1, 0.15) is 5.56 Å². The summed E-state index contributed by atoms with van der Waals surface area (Å²) in [6.07, 6.45) is 0. The first-order valence-corrected chi connectivity index (χ1v) is 5.25. The Morgan fingerprint density at radius 2 is 1.94 bits per heavy atom. The van der Waals surface area contributed by atoms with Crippen LogP contribution in [0.25, 0.3) is 0 Å². The Bertz CT molecular complexity index is 599. The molecule has 0 aliphatic rings. The number of benzene rings is 2. The van der Waals surface area contributed by atoms with Crippen molar-refractivity contribution in [2.45, 2.75) is 6.92 Å². The van der Waals surface area contributed by atoms with Crippen LogP contribution in [0.4, 0.5) is 10.1 Å². The summed E-state index contributed by atoms with van der Waals surface area (Å²) in [4.78, 5) is 10.2. The highest BCUT2D eigenvalue weighted by atomic mass is 19.1. The van der Waals surface area contributed by atoms with Gasteiger partial charge < -0.3 is 4.74 Å². The second kappa shape index (κ2) is 4.83. The number of aryl methyl sites for hydroxylation is 1. The summed E-state index contributed by atoms with van der Waals surface area (Å²) in [6, 6.07) is 10.3. The second-order valence-corrected chi connectivity index (χ2v) is 3.74. The van der Waals surface area contributed by atoms with Gasteiger partial charge in [0, 0.05) is 12.1 Å². The van der Waals surface area contributed by atoms with Crippen molar-refractivity contribution >= 4 is 5.69 Å². The predicted octanol–water partition coefficient (Wildman–Crippen LogP) is 3.83. The van der Waals surface area contributed by atoms with Crippen molar-refractivity contribution in [1.82, 2.24) is 0 Å². The molecule has 0 unspecified atom stereocenters.